The van der Waals surface area contributed by atoms with Gasteiger partial charge in [-0.05, 0) is 31.6 Å². The highest BCUT2D eigenvalue weighted by Crippen LogP contribution is 2.26. The summed E-state index contributed by atoms with van der Waals surface area (Å²) in [6.07, 6.45) is 7.48. The highest BCUT2D eigenvalue weighted by Gasteiger charge is 2.20. The Morgan fingerprint density at radius 3 is 2.38 bits per heavy atom. The zero-order valence-electron chi connectivity index (χ0n) is 9.61. The Balaban J connectivity index is 2.28. The van der Waals surface area contributed by atoms with Gasteiger partial charge in [-0.3, -0.25) is 4.79 Å². The molecule has 90 valence electrons. The summed E-state index contributed by atoms with van der Waals surface area (Å²) < 4.78 is 0. The highest BCUT2D eigenvalue weighted by molar-refractivity contribution is 5.93. The van der Waals surface area contributed by atoms with Gasteiger partial charge in [0.1, 0.15) is 0 Å². The summed E-state index contributed by atoms with van der Waals surface area (Å²) in [5.41, 5.74) is 0. The summed E-state index contributed by atoms with van der Waals surface area (Å²) in [5, 5.41) is 11.2. The van der Waals surface area contributed by atoms with Crippen LogP contribution in [0.5, 0.6) is 0 Å². The number of carboxylic acid groups (broad SMARTS) is 1. The van der Waals surface area contributed by atoms with Crippen LogP contribution in [0.15, 0.2) is 12.2 Å². The van der Waals surface area contributed by atoms with Gasteiger partial charge in [0.05, 0.1) is 0 Å². The largest absolute Gasteiger partial charge is 0.478 e. The Labute approximate surface area is 95.7 Å². The molecule has 0 aromatic carbocycles. The summed E-state index contributed by atoms with van der Waals surface area (Å²) >= 11 is 0. The van der Waals surface area contributed by atoms with E-state index in [-0.39, 0.29) is 11.9 Å². The average Bonchev–Trinajstić information content (AvgIpc) is 2.27. The fourth-order valence-corrected chi connectivity index (χ4v) is 2.11. The minimum absolute atomic E-state index is 0.216. The lowest BCUT2D eigenvalue weighted by Gasteiger charge is -2.28. The van der Waals surface area contributed by atoms with Crippen LogP contribution in [0.1, 0.15) is 39.0 Å². The van der Waals surface area contributed by atoms with Crippen LogP contribution >= 0.6 is 0 Å². The van der Waals surface area contributed by atoms with Crippen LogP contribution in [-0.4, -0.2) is 23.0 Å². The topological polar surface area (TPSA) is 66.4 Å². The number of carboxylic acids is 1. The predicted molar refractivity (Wildman–Crippen MR) is 61.0 cm³/mol. The molecule has 0 saturated heterocycles. The molecule has 16 heavy (non-hydrogen) atoms. The number of carbonyl (C=O) groups is 2. The van der Waals surface area contributed by atoms with Crippen LogP contribution in [0.25, 0.3) is 0 Å². The van der Waals surface area contributed by atoms with Gasteiger partial charge in [-0.25, -0.2) is 4.79 Å². The summed E-state index contributed by atoms with van der Waals surface area (Å²) in [6, 6.07) is 0.216. The Bertz CT molecular complexity index is 278. The van der Waals surface area contributed by atoms with E-state index in [4.69, 9.17) is 5.11 Å². The third kappa shape index (κ3) is 4.47. The summed E-state index contributed by atoms with van der Waals surface area (Å²) in [7, 11) is 0. The molecule has 0 atom stereocenters. The number of carbonyl (C=O) groups excluding carboxylic acids is 1. The smallest absolute Gasteiger partial charge is 0.328 e. The second kappa shape index (κ2) is 6.30. The van der Waals surface area contributed by atoms with Gasteiger partial charge in [-0.1, -0.05) is 13.3 Å². The molecule has 0 aromatic heterocycles. The summed E-state index contributed by atoms with van der Waals surface area (Å²) in [4.78, 5) is 21.5. The molecule has 1 amide bonds. The number of rotatable bonds is 4. The predicted octanol–water partition coefficient (Wildman–Crippen LogP) is 1.71. The van der Waals surface area contributed by atoms with Gasteiger partial charge in [-0.15, -0.1) is 0 Å². The molecule has 0 unspecified atom stereocenters. The van der Waals surface area contributed by atoms with Crippen LogP contribution < -0.4 is 5.32 Å². The first kappa shape index (κ1) is 12.7. The second-order valence-electron chi connectivity index (χ2n) is 4.31. The minimum atomic E-state index is -1.09. The van der Waals surface area contributed by atoms with E-state index < -0.39 is 5.97 Å². The molecule has 1 aliphatic rings. The SMILES string of the molecule is CCC1CCC(NC(=O)/C=C/C(=O)O)CC1. The lowest BCUT2D eigenvalue weighted by Crippen LogP contribution is -2.36. The van der Waals surface area contributed by atoms with Crippen molar-refractivity contribution < 1.29 is 14.7 Å². The molecule has 0 aromatic rings. The highest BCUT2D eigenvalue weighted by atomic mass is 16.4. The van der Waals surface area contributed by atoms with Crippen molar-refractivity contribution in [1.29, 1.82) is 0 Å². The number of aliphatic carboxylic acids is 1. The van der Waals surface area contributed by atoms with Gasteiger partial charge in [0.15, 0.2) is 0 Å². The Hall–Kier alpha value is -1.32. The molecule has 4 heteroatoms. The fraction of sp³-hybridized carbons (Fsp3) is 0.667. The van der Waals surface area contributed by atoms with E-state index in [1.807, 2.05) is 0 Å². The lowest BCUT2D eigenvalue weighted by atomic mass is 9.84. The molecule has 4 nitrogen and oxygen atoms in total. The van der Waals surface area contributed by atoms with E-state index in [0.29, 0.717) is 0 Å². The molecule has 1 fully saturated rings. The van der Waals surface area contributed by atoms with Gasteiger partial charge in [0, 0.05) is 18.2 Å². The molecule has 0 heterocycles. The van der Waals surface area contributed by atoms with Crippen LogP contribution in [0.4, 0.5) is 0 Å². The standard InChI is InChI=1S/C12H19NO3/c1-2-9-3-5-10(6-4-9)13-11(14)7-8-12(15)16/h7-10H,2-6H2,1H3,(H,13,14)(H,15,16)/b8-7+. The summed E-state index contributed by atoms with van der Waals surface area (Å²) in [5.74, 6) is -0.602. The third-order valence-corrected chi connectivity index (χ3v) is 3.15. The number of nitrogens with one attached hydrogen (secondary N) is 1. The maximum Gasteiger partial charge on any atom is 0.328 e. The third-order valence-electron chi connectivity index (χ3n) is 3.15. The number of amides is 1. The van der Waals surface area contributed by atoms with Crippen molar-refractivity contribution in [3.05, 3.63) is 12.2 Å². The van der Waals surface area contributed by atoms with Gasteiger partial charge in [0.2, 0.25) is 5.91 Å². The molecule has 1 saturated carbocycles. The fourth-order valence-electron chi connectivity index (χ4n) is 2.11. The average molecular weight is 225 g/mol. The van der Waals surface area contributed by atoms with Crippen molar-refractivity contribution in [3.63, 3.8) is 0 Å². The molecule has 0 spiro atoms. The van der Waals surface area contributed by atoms with E-state index >= 15 is 0 Å². The van der Waals surface area contributed by atoms with Gasteiger partial charge >= 0.3 is 5.97 Å². The zero-order valence-corrected chi connectivity index (χ0v) is 9.61. The Kier molecular flexibility index (Phi) is 5.02. The first-order valence-corrected chi connectivity index (χ1v) is 5.83. The van der Waals surface area contributed by atoms with Crippen molar-refractivity contribution in [2.45, 2.75) is 45.1 Å². The number of hydrogen-bond donors (Lipinski definition) is 2. The van der Waals surface area contributed by atoms with Crippen molar-refractivity contribution in [3.8, 4) is 0 Å². The van der Waals surface area contributed by atoms with E-state index in [1.54, 1.807) is 0 Å². The molecular weight excluding hydrogens is 206 g/mol. The van der Waals surface area contributed by atoms with Crippen molar-refractivity contribution in [2.75, 3.05) is 0 Å². The number of hydrogen-bond acceptors (Lipinski definition) is 2. The normalized spacial score (nSPS) is 25.6. The first-order valence-electron chi connectivity index (χ1n) is 5.83. The molecule has 1 rings (SSSR count). The van der Waals surface area contributed by atoms with Crippen LogP contribution in [0, 0.1) is 5.92 Å². The van der Waals surface area contributed by atoms with E-state index in [1.165, 1.54) is 6.42 Å². The minimum Gasteiger partial charge on any atom is -0.478 e. The van der Waals surface area contributed by atoms with Crippen molar-refractivity contribution >= 4 is 11.9 Å². The molecule has 0 bridgehead atoms. The van der Waals surface area contributed by atoms with Crippen molar-refractivity contribution in [1.82, 2.24) is 5.32 Å². The molecule has 2 N–H and O–H groups in total. The first-order chi connectivity index (χ1) is 7.61. The van der Waals surface area contributed by atoms with Crippen LogP contribution in [0.2, 0.25) is 0 Å². The van der Waals surface area contributed by atoms with E-state index in [2.05, 4.69) is 12.2 Å². The monoisotopic (exact) mass is 225 g/mol. The molecule has 1 aliphatic carbocycles. The molecule has 0 radical (unpaired) electrons. The van der Waals surface area contributed by atoms with Gasteiger partial charge in [-0.2, -0.15) is 0 Å². The zero-order chi connectivity index (χ0) is 12.0. The van der Waals surface area contributed by atoms with Crippen molar-refractivity contribution in [2.24, 2.45) is 5.92 Å². The maximum atomic E-state index is 11.3. The summed E-state index contributed by atoms with van der Waals surface area (Å²) in [6.45, 7) is 2.19. The van der Waals surface area contributed by atoms with Gasteiger partial charge in [0.25, 0.3) is 0 Å². The maximum absolute atomic E-state index is 11.3. The van der Waals surface area contributed by atoms with E-state index in [0.717, 1.165) is 43.8 Å². The quantitative estimate of drug-likeness (QED) is 0.716. The Morgan fingerprint density at radius 1 is 1.25 bits per heavy atom. The lowest BCUT2D eigenvalue weighted by molar-refractivity contribution is -0.131. The van der Waals surface area contributed by atoms with Crippen LogP contribution in [0.3, 0.4) is 0 Å². The molecular formula is C12H19NO3. The van der Waals surface area contributed by atoms with Gasteiger partial charge < -0.3 is 10.4 Å². The Morgan fingerprint density at radius 2 is 1.88 bits per heavy atom. The van der Waals surface area contributed by atoms with Crippen LogP contribution in [-0.2, 0) is 9.59 Å². The van der Waals surface area contributed by atoms with E-state index in [9.17, 15) is 9.59 Å². The second-order valence-corrected chi connectivity index (χ2v) is 4.31. The molecule has 0 aliphatic heterocycles.